The van der Waals surface area contributed by atoms with Gasteiger partial charge >= 0.3 is 12.2 Å². The summed E-state index contributed by atoms with van der Waals surface area (Å²) in [7, 11) is 0. The first-order valence-corrected chi connectivity index (χ1v) is 17.6. The predicted molar refractivity (Wildman–Crippen MR) is 176 cm³/mol. The molecule has 1 aromatic rings. The van der Waals surface area contributed by atoms with Crippen molar-refractivity contribution in [3.8, 4) is 0 Å². The first kappa shape index (κ1) is 34.7. The Hall–Kier alpha value is -4.16. The average Bonchev–Trinajstić information content (AvgIpc) is 3.89. The van der Waals surface area contributed by atoms with E-state index in [4.69, 9.17) is 9.47 Å². The minimum Gasteiger partial charge on any atom is -0.444 e. The zero-order chi connectivity index (χ0) is 34.9. The van der Waals surface area contributed by atoms with E-state index in [-0.39, 0.29) is 37.9 Å². The highest BCUT2D eigenvalue weighted by Crippen LogP contribution is 2.46. The lowest BCUT2D eigenvalue weighted by atomic mass is 10.0. The van der Waals surface area contributed by atoms with Crippen molar-refractivity contribution >= 4 is 29.9 Å². The number of benzene rings is 1. The highest BCUT2D eigenvalue weighted by molar-refractivity contribution is 5.98. The third-order valence-corrected chi connectivity index (χ3v) is 10.0. The molecule has 0 aromatic heterocycles. The van der Waals surface area contributed by atoms with Gasteiger partial charge in [0.2, 0.25) is 17.7 Å². The summed E-state index contributed by atoms with van der Waals surface area (Å²) in [6.07, 6.45) is 7.78. The highest BCUT2D eigenvalue weighted by Gasteiger charge is 2.61. The molecule has 3 heterocycles. The minimum atomic E-state index is -1.13. The molecule has 12 nitrogen and oxygen atoms in total. The van der Waals surface area contributed by atoms with Crippen LogP contribution in [0, 0.1) is 17.7 Å². The van der Waals surface area contributed by atoms with E-state index < -0.39 is 59.1 Å². The van der Waals surface area contributed by atoms with E-state index in [0.717, 1.165) is 32.1 Å². The number of nitrogens with zero attached hydrogens (tertiary/aromatic N) is 2. The molecule has 5 atom stereocenters. The molecule has 5 amide bonds. The molecule has 1 aromatic carbocycles. The molecule has 13 heteroatoms. The van der Waals surface area contributed by atoms with Crippen LogP contribution in [0.2, 0.25) is 0 Å². The van der Waals surface area contributed by atoms with Gasteiger partial charge in [0.25, 0.3) is 0 Å². The first-order chi connectivity index (χ1) is 23.3. The molecule has 266 valence electrons. The second-order valence-corrected chi connectivity index (χ2v) is 15.2. The molecular formula is C36H48FN5O7. The fourth-order valence-electron chi connectivity index (χ4n) is 7.06. The quantitative estimate of drug-likeness (QED) is 0.398. The smallest absolute Gasteiger partial charge is 0.410 e. The van der Waals surface area contributed by atoms with Crippen LogP contribution in [0.1, 0.15) is 89.7 Å². The number of nitrogens with one attached hydrogen (secondary N) is 3. The largest absolute Gasteiger partial charge is 0.444 e. The Balaban J connectivity index is 1.23. The van der Waals surface area contributed by atoms with Gasteiger partial charge in [-0.3, -0.25) is 19.3 Å². The molecule has 0 spiro atoms. The van der Waals surface area contributed by atoms with E-state index in [1.807, 2.05) is 12.2 Å². The van der Waals surface area contributed by atoms with Crippen molar-refractivity contribution in [3.05, 3.63) is 47.3 Å². The van der Waals surface area contributed by atoms with E-state index in [9.17, 15) is 28.4 Å². The minimum absolute atomic E-state index is 0.00208. The fourth-order valence-corrected chi connectivity index (χ4v) is 7.06. The van der Waals surface area contributed by atoms with Crippen LogP contribution in [-0.4, -0.2) is 82.1 Å². The van der Waals surface area contributed by atoms with Crippen molar-refractivity contribution in [1.82, 2.24) is 25.8 Å². The summed E-state index contributed by atoms with van der Waals surface area (Å²) in [5.41, 5.74) is -0.796. The summed E-state index contributed by atoms with van der Waals surface area (Å²) in [5, 5.41) is 8.75. The van der Waals surface area contributed by atoms with E-state index in [1.165, 1.54) is 15.9 Å². The van der Waals surface area contributed by atoms with Crippen molar-refractivity contribution < 1.29 is 37.8 Å². The van der Waals surface area contributed by atoms with Gasteiger partial charge in [-0.1, -0.05) is 37.1 Å². The van der Waals surface area contributed by atoms with E-state index in [0.29, 0.717) is 42.9 Å². The standard InChI is InChI=1S/C36H48FN5O7/c1-35(2,3)49-33(46)39-28-13-8-6-4-5-7-11-24-17-36(24,32(45)38-18-22-14-15-22)40-30(43)29-16-25(20-42(29)31(28)44)48-34(47)41-19-23-10-9-12-27(37)26(23)21-41/h7,9-12,22,24-25,28-29H,4-6,8,13-21H2,1-3H3,(H,38,45)(H,39,46)(H,40,43)/b11-7-/t24-,25-,28+,29+,36-/m1/s1. The Bertz CT molecular complexity index is 1510. The number of ether oxygens (including phenoxy) is 2. The summed E-state index contributed by atoms with van der Waals surface area (Å²) in [5.74, 6) is -1.37. The normalized spacial score (nSPS) is 29.3. The molecular weight excluding hydrogens is 633 g/mol. The number of allylic oxidation sites excluding steroid dienone is 1. The number of carbonyl (C=O) groups is 5. The van der Waals surface area contributed by atoms with Gasteiger partial charge in [-0.05, 0) is 76.8 Å². The van der Waals surface area contributed by atoms with Gasteiger partial charge in [0, 0.05) is 31.0 Å². The summed E-state index contributed by atoms with van der Waals surface area (Å²) in [6.45, 7) is 5.89. The first-order valence-electron chi connectivity index (χ1n) is 17.6. The lowest BCUT2D eigenvalue weighted by molar-refractivity contribution is -0.141. The molecule has 3 aliphatic heterocycles. The van der Waals surface area contributed by atoms with Gasteiger partial charge < -0.3 is 30.3 Å². The third-order valence-electron chi connectivity index (χ3n) is 10.0. The van der Waals surface area contributed by atoms with Crippen LogP contribution >= 0.6 is 0 Å². The number of halogens is 1. The van der Waals surface area contributed by atoms with Crippen molar-refractivity contribution in [1.29, 1.82) is 0 Å². The maximum atomic E-state index is 14.4. The third kappa shape index (κ3) is 8.18. The van der Waals surface area contributed by atoms with Crippen LogP contribution < -0.4 is 16.0 Å². The second-order valence-electron chi connectivity index (χ2n) is 15.2. The van der Waals surface area contributed by atoms with Crippen molar-refractivity contribution in [2.24, 2.45) is 11.8 Å². The summed E-state index contributed by atoms with van der Waals surface area (Å²) in [6, 6.07) is 2.65. The fraction of sp³-hybridized carbons (Fsp3) is 0.639. The number of amides is 5. The average molecular weight is 682 g/mol. The molecule has 6 rings (SSSR count). The Labute approximate surface area is 286 Å². The molecule has 3 N–H and O–H groups in total. The molecule has 49 heavy (non-hydrogen) atoms. The van der Waals surface area contributed by atoms with Gasteiger partial charge in [0.1, 0.15) is 35.1 Å². The zero-order valence-corrected chi connectivity index (χ0v) is 28.6. The van der Waals surface area contributed by atoms with Crippen LogP contribution in [-0.2, 0) is 36.9 Å². The maximum Gasteiger partial charge on any atom is 0.410 e. The Morgan fingerprint density at radius 3 is 2.61 bits per heavy atom. The number of hydrogen-bond donors (Lipinski definition) is 3. The van der Waals surface area contributed by atoms with Gasteiger partial charge in [-0.2, -0.15) is 0 Å². The topological polar surface area (TPSA) is 146 Å². The molecule has 2 aliphatic carbocycles. The number of fused-ring (bicyclic) bond motifs is 3. The molecule has 0 radical (unpaired) electrons. The number of hydrogen-bond acceptors (Lipinski definition) is 7. The number of carbonyl (C=O) groups excluding carboxylic acids is 5. The summed E-state index contributed by atoms with van der Waals surface area (Å²) < 4.78 is 25.7. The summed E-state index contributed by atoms with van der Waals surface area (Å²) in [4.78, 5) is 70.9. The predicted octanol–water partition coefficient (Wildman–Crippen LogP) is 4.06. The zero-order valence-electron chi connectivity index (χ0n) is 28.6. The Morgan fingerprint density at radius 2 is 1.88 bits per heavy atom. The molecule has 0 unspecified atom stereocenters. The Morgan fingerprint density at radius 1 is 1.08 bits per heavy atom. The van der Waals surface area contributed by atoms with Crippen LogP contribution in [0.4, 0.5) is 14.0 Å². The molecule has 0 bridgehead atoms. The molecule has 1 saturated heterocycles. The maximum absolute atomic E-state index is 14.4. The lowest BCUT2D eigenvalue weighted by Gasteiger charge is -2.30. The second kappa shape index (κ2) is 14.0. The number of rotatable bonds is 5. The highest BCUT2D eigenvalue weighted by atomic mass is 19.1. The Kier molecular flexibility index (Phi) is 9.90. The van der Waals surface area contributed by atoms with Gasteiger partial charge in [0.15, 0.2) is 0 Å². The van der Waals surface area contributed by atoms with E-state index >= 15 is 0 Å². The van der Waals surface area contributed by atoms with Gasteiger partial charge in [-0.25, -0.2) is 14.0 Å². The van der Waals surface area contributed by atoms with Gasteiger partial charge in [0.05, 0.1) is 13.1 Å². The van der Waals surface area contributed by atoms with Crippen molar-refractivity contribution in [3.63, 3.8) is 0 Å². The summed E-state index contributed by atoms with van der Waals surface area (Å²) >= 11 is 0. The van der Waals surface area contributed by atoms with Crippen molar-refractivity contribution in [2.75, 3.05) is 13.1 Å². The monoisotopic (exact) mass is 681 g/mol. The van der Waals surface area contributed by atoms with Crippen LogP contribution in [0.25, 0.3) is 0 Å². The SMILES string of the molecule is CC(C)(C)OC(=O)N[C@H]1CCCCC/C=C\[C@@H]2C[C@@]2(C(=O)NCC2CC2)NC(=O)[C@@H]2C[C@@H](OC(=O)N3Cc4cccc(F)c4C3)CN2C1=O. The molecule has 5 aliphatic rings. The number of alkyl carbamates (subject to hydrolysis) is 1. The van der Waals surface area contributed by atoms with Crippen molar-refractivity contribution in [2.45, 2.75) is 121 Å². The van der Waals surface area contributed by atoms with E-state index in [2.05, 4.69) is 16.0 Å². The van der Waals surface area contributed by atoms with Crippen LogP contribution in [0.3, 0.4) is 0 Å². The molecule has 2 saturated carbocycles. The van der Waals surface area contributed by atoms with E-state index in [1.54, 1.807) is 32.9 Å². The lowest BCUT2D eigenvalue weighted by Crippen LogP contribution is -2.58. The molecule has 3 fully saturated rings. The van der Waals surface area contributed by atoms with Crippen LogP contribution in [0.5, 0.6) is 0 Å². The van der Waals surface area contributed by atoms with Gasteiger partial charge in [-0.15, -0.1) is 0 Å². The van der Waals surface area contributed by atoms with Crippen LogP contribution in [0.15, 0.2) is 30.4 Å².